The van der Waals surface area contributed by atoms with Crippen LogP contribution in [0.5, 0.6) is 0 Å². The van der Waals surface area contributed by atoms with Gasteiger partial charge in [-0.1, -0.05) is 0 Å². The Morgan fingerprint density at radius 3 is 1.00 bits per heavy atom. The lowest BCUT2D eigenvalue weighted by Crippen LogP contribution is -2.34. The van der Waals surface area contributed by atoms with Crippen LogP contribution < -0.4 is 0 Å². The fraction of sp³-hybridized carbons (Fsp3) is 1.00. The summed E-state index contributed by atoms with van der Waals surface area (Å²) in [4.78, 5) is 0. The van der Waals surface area contributed by atoms with Crippen molar-refractivity contribution < 1.29 is 0 Å². The number of hydrogen-bond acceptors (Lipinski definition) is 0. The van der Waals surface area contributed by atoms with E-state index in [1.165, 1.54) is 11.8 Å². The quantitative estimate of drug-likeness (QED) is 0.418. The lowest BCUT2D eigenvalue weighted by molar-refractivity contribution is 0.0548. The van der Waals surface area contributed by atoms with Crippen molar-refractivity contribution in [3.05, 3.63) is 0 Å². The van der Waals surface area contributed by atoms with Gasteiger partial charge in [0.15, 0.2) is 0 Å². The molecule has 0 nitrogen and oxygen atoms in total. The van der Waals surface area contributed by atoms with E-state index in [1.807, 2.05) is 0 Å². The molecule has 0 spiro atoms. The van der Waals surface area contributed by atoms with Crippen LogP contribution in [0.25, 0.3) is 0 Å². The summed E-state index contributed by atoms with van der Waals surface area (Å²) in [5.74, 6) is 2.43. The zero-order chi connectivity index (χ0) is 3.98. The molecule has 0 bridgehead atoms. The molecule has 2 rings (SSSR count). The summed E-state index contributed by atoms with van der Waals surface area (Å²) < 4.78 is 0. The van der Waals surface area contributed by atoms with Gasteiger partial charge in [-0.15, -0.1) is 0 Å². The molecule has 0 aromatic heterocycles. The van der Waals surface area contributed by atoms with Crippen molar-refractivity contribution in [2.45, 2.75) is 25.7 Å². The van der Waals surface area contributed by atoms with Crippen LogP contribution in [0, 0.1) is 11.8 Å². The van der Waals surface area contributed by atoms with Crippen molar-refractivity contribution in [2.75, 3.05) is 0 Å². The van der Waals surface area contributed by atoms with Gasteiger partial charge in [0.05, 0.1) is 0 Å². The second kappa shape index (κ2) is 0.800. The van der Waals surface area contributed by atoms with Gasteiger partial charge in [-0.05, 0) is 37.5 Å². The van der Waals surface area contributed by atoms with Crippen molar-refractivity contribution >= 4 is 0 Å². The van der Waals surface area contributed by atoms with E-state index in [1.54, 1.807) is 25.7 Å². The highest BCUT2D eigenvalue weighted by molar-refractivity contribution is 4.89. The average molecular weight is 82.1 g/mol. The third-order valence-electron chi connectivity index (χ3n) is 2.48. The van der Waals surface area contributed by atoms with E-state index in [4.69, 9.17) is 0 Å². The maximum atomic E-state index is 1.56. The van der Waals surface area contributed by atoms with Crippen LogP contribution in [0.1, 0.15) is 25.7 Å². The Kier molecular flexibility index (Phi) is 0.408. The van der Waals surface area contributed by atoms with E-state index >= 15 is 0 Å². The lowest BCUT2D eigenvalue weighted by Gasteiger charge is -2.46. The second-order valence-corrected chi connectivity index (χ2v) is 2.67. The van der Waals surface area contributed by atoms with Gasteiger partial charge >= 0.3 is 0 Å². The van der Waals surface area contributed by atoms with Crippen LogP contribution in [0.15, 0.2) is 0 Å². The van der Waals surface area contributed by atoms with E-state index in [9.17, 15) is 0 Å². The molecule has 0 radical (unpaired) electrons. The third-order valence-corrected chi connectivity index (χ3v) is 2.48. The molecule has 34 valence electrons. The molecule has 0 aromatic carbocycles. The first-order valence-electron chi connectivity index (χ1n) is 2.97. The van der Waals surface area contributed by atoms with Gasteiger partial charge in [0, 0.05) is 0 Å². The minimum Gasteiger partial charge on any atom is -0.0499 e. The third kappa shape index (κ3) is 0.184. The van der Waals surface area contributed by atoms with E-state index in [0.717, 1.165) is 0 Å². The molecule has 2 aliphatic rings. The van der Waals surface area contributed by atoms with Crippen molar-refractivity contribution in [3.63, 3.8) is 0 Å². The summed E-state index contributed by atoms with van der Waals surface area (Å²) in [6.07, 6.45) is 6.24. The van der Waals surface area contributed by atoms with Gasteiger partial charge in [-0.2, -0.15) is 0 Å². The molecule has 0 aromatic rings. The minimum absolute atomic E-state index is 1.21. The molecular formula is C6H10. The predicted molar refractivity (Wildman–Crippen MR) is 25.4 cm³/mol. The van der Waals surface area contributed by atoms with Gasteiger partial charge in [0.25, 0.3) is 0 Å². The second-order valence-electron chi connectivity index (χ2n) is 2.67. The highest BCUT2D eigenvalue weighted by atomic mass is 14.4. The molecule has 6 heavy (non-hydrogen) atoms. The summed E-state index contributed by atoms with van der Waals surface area (Å²) in [6, 6.07) is 0. The lowest BCUT2D eigenvalue weighted by atomic mass is 9.60. The van der Waals surface area contributed by atoms with Crippen molar-refractivity contribution in [2.24, 2.45) is 11.8 Å². The van der Waals surface area contributed by atoms with E-state index in [2.05, 4.69) is 0 Å². The fourth-order valence-corrected chi connectivity index (χ4v) is 1.56. The summed E-state index contributed by atoms with van der Waals surface area (Å²) in [6.45, 7) is 0. The molecule has 0 amide bonds. The molecule has 2 saturated carbocycles. The molecule has 0 heteroatoms. The minimum atomic E-state index is 1.21. The Labute approximate surface area is 38.6 Å². The predicted octanol–water partition coefficient (Wildman–Crippen LogP) is 1.81. The monoisotopic (exact) mass is 82.1 g/mol. The zero-order valence-electron chi connectivity index (χ0n) is 3.98. The van der Waals surface area contributed by atoms with Crippen molar-refractivity contribution in [1.82, 2.24) is 0 Å². The highest BCUT2D eigenvalue weighted by Gasteiger charge is 2.37. The summed E-state index contributed by atoms with van der Waals surface area (Å²) in [7, 11) is 0. The van der Waals surface area contributed by atoms with Crippen LogP contribution in [0.2, 0.25) is 0 Å². The zero-order valence-corrected chi connectivity index (χ0v) is 3.98. The van der Waals surface area contributed by atoms with Crippen LogP contribution in [-0.4, -0.2) is 0 Å². The van der Waals surface area contributed by atoms with E-state index < -0.39 is 0 Å². The highest BCUT2D eigenvalue weighted by Crippen LogP contribution is 2.49. The van der Waals surface area contributed by atoms with Gasteiger partial charge < -0.3 is 0 Å². The Morgan fingerprint density at radius 1 is 0.667 bits per heavy atom. The molecule has 0 aliphatic heterocycles. The molecule has 0 N–H and O–H groups in total. The van der Waals surface area contributed by atoms with Crippen molar-refractivity contribution in [3.8, 4) is 0 Å². The summed E-state index contributed by atoms with van der Waals surface area (Å²) in [5.41, 5.74) is 0. The molecule has 0 heterocycles. The van der Waals surface area contributed by atoms with Crippen molar-refractivity contribution in [1.29, 1.82) is 0 Å². The molecule has 0 saturated heterocycles. The van der Waals surface area contributed by atoms with E-state index in [0.29, 0.717) is 0 Å². The SMILES string of the molecule is C1C[C@H]2CC[C@@H]12. The summed E-state index contributed by atoms with van der Waals surface area (Å²) in [5, 5.41) is 0. The Morgan fingerprint density at radius 2 is 1.00 bits per heavy atom. The molecule has 2 fully saturated rings. The van der Waals surface area contributed by atoms with E-state index in [-0.39, 0.29) is 0 Å². The fourth-order valence-electron chi connectivity index (χ4n) is 1.56. The molecule has 0 unspecified atom stereocenters. The number of rotatable bonds is 0. The first-order chi connectivity index (χ1) is 2.97. The largest absolute Gasteiger partial charge is 0.0499 e. The standard InChI is InChI=1S/C6H10/c1-2-6-4-3-5(1)6/h5-6H,1-4H2/t5-,6+. The Hall–Kier alpha value is 0. The van der Waals surface area contributed by atoms with Gasteiger partial charge in [0.1, 0.15) is 0 Å². The molecular weight excluding hydrogens is 72.1 g/mol. The normalized spacial score (nSPS) is 52.0. The van der Waals surface area contributed by atoms with Crippen LogP contribution in [-0.2, 0) is 0 Å². The summed E-state index contributed by atoms with van der Waals surface area (Å²) >= 11 is 0. The number of hydrogen-bond donors (Lipinski definition) is 0. The number of fused-ring (bicyclic) bond motifs is 1. The van der Waals surface area contributed by atoms with Crippen LogP contribution >= 0.6 is 0 Å². The smallest absolute Gasteiger partial charge is 0.0386 e. The van der Waals surface area contributed by atoms with Crippen LogP contribution in [0.3, 0.4) is 0 Å². The topological polar surface area (TPSA) is 0 Å². The van der Waals surface area contributed by atoms with Gasteiger partial charge in [-0.3, -0.25) is 0 Å². The Bertz CT molecular complexity index is 48.4. The first kappa shape index (κ1) is 3.06. The molecule has 0 atom stereocenters. The van der Waals surface area contributed by atoms with Gasteiger partial charge in [-0.25, -0.2) is 0 Å². The Balaban J connectivity index is 2.03. The van der Waals surface area contributed by atoms with Gasteiger partial charge in [0.2, 0.25) is 0 Å². The maximum absolute atomic E-state index is 1.56. The average Bonchev–Trinajstić information content (AvgIpc) is 1.54. The van der Waals surface area contributed by atoms with Crippen LogP contribution in [0.4, 0.5) is 0 Å². The first-order valence-corrected chi connectivity index (χ1v) is 2.97. The molecule has 2 aliphatic carbocycles. The maximum Gasteiger partial charge on any atom is -0.0386 e.